The van der Waals surface area contributed by atoms with Crippen LogP contribution in [0.25, 0.3) is 11.0 Å². The summed E-state index contributed by atoms with van der Waals surface area (Å²) in [6.45, 7) is 5.38. The maximum Gasteiger partial charge on any atom is 0.311 e. The van der Waals surface area contributed by atoms with Gasteiger partial charge in [0.05, 0.1) is 18.4 Å². The average Bonchev–Trinajstić information content (AvgIpc) is 3.03. The summed E-state index contributed by atoms with van der Waals surface area (Å²) in [7, 11) is 0. The zero-order valence-electron chi connectivity index (χ0n) is 15.3. The van der Waals surface area contributed by atoms with Gasteiger partial charge in [-0.15, -0.1) is 0 Å². The highest BCUT2D eigenvalue weighted by molar-refractivity contribution is 5.95. The van der Waals surface area contributed by atoms with Gasteiger partial charge in [0.25, 0.3) is 5.91 Å². The van der Waals surface area contributed by atoms with Crippen LogP contribution in [-0.4, -0.2) is 18.0 Å². The Morgan fingerprint density at radius 1 is 1.19 bits per heavy atom. The van der Waals surface area contributed by atoms with E-state index in [9.17, 15) is 14.0 Å². The first-order chi connectivity index (χ1) is 12.9. The van der Waals surface area contributed by atoms with Crippen molar-refractivity contribution in [1.82, 2.24) is 0 Å². The zero-order valence-corrected chi connectivity index (χ0v) is 15.3. The third kappa shape index (κ3) is 4.00. The van der Waals surface area contributed by atoms with Gasteiger partial charge in [0.1, 0.15) is 11.4 Å². The Labute approximate surface area is 156 Å². The summed E-state index contributed by atoms with van der Waals surface area (Å²) in [5.74, 6) is -1.72. The van der Waals surface area contributed by atoms with Crippen LogP contribution in [-0.2, 0) is 20.7 Å². The minimum absolute atomic E-state index is 0.0210. The second-order valence-electron chi connectivity index (χ2n) is 6.42. The number of benzene rings is 2. The summed E-state index contributed by atoms with van der Waals surface area (Å²) in [6, 6.07) is 9.66. The molecule has 3 rings (SSSR count). The molecule has 2 aromatic carbocycles. The highest BCUT2D eigenvalue weighted by Gasteiger charge is 2.20. The van der Waals surface area contributed by atoms with Crippen molar-refractivity contribution in [2.75, 3.05) is 5.32 Å². The number of ether oxygens (including phenoxy) is 1. The van der Waals surface area contributed by atoms with Gasteiger partial charge in [0.2, 0.25) is 0 Å². The van der Waals surface area contributed by atoms with Crippen LogP contribution in [0.4, 0.5) is 10.1 Å². The van der Waals surface area contributed by atoms with Gasteiger partial charge >= 0.3 is 5.97 Å². The number of amides is 1. The molecule has 1 atom stereocenters. The zero-order chi connectivity index (χ0) is 19.6. The molecule has 5 nitrogen and oxygen atoms in total. The highest BCUT2D eigenvalue weighted by atomic mass is 19.1. The second kappa shape index (κ2) is 7.61. The Bertz CT molecular complexity index is 1010. The van der Waals surface area contributed by atoms with E-state index in [4.69, 9.17) is 9.15 Å². The number of para-hydroxylation sites is 1. The lowest BCUT2D eigenvalue weighted by atomic mass is 10.0. The van der Waals surface area contributed by atoms with Gasteiger partial charge < -0.3 is 14.5 Å². The van der Waals surface area contributed by atoms with E-state index in [1.807, 2.05) is 26.0 Å². The molecule has 0 saturated heterocycles. The number of nitrogens with one attached hydrogen (secondary N) is 1. The molecule has 140 valence electrons. The van der Waals surface area contributed by atoms with Crippen LogP contribution in [0.1, 0.15) is 23.6 Å². The molecule has 1 amide bonds. The molecular formula is C21H20FNO4. The van der Waals surface area contributed by atoms with Crippen molar-refractivity contribution in [3.8, 4) is 0 Å². The quantitative estimate of drug-likeness (QED) is 0.681. The molecule has 3 aromatic rings. The van der Waals surface area contributed by atoms with Gasteiger partial charge in [-0.3, -0.25) is 9.59 Å². The number of anilines is 1. The van der Waals surface area contributed by atoms with E-state index in [2.05, 4.69) is 5.32 Å². The predicted octanol–water partition coefficient (Wildman–Crippen LogP) is 4.30. The van der Waals surface area contributed by atoms with Crippen molar-refractivity contribution >= 4 is 28.5 Å². The number of rotatable bonds is 5. The Balaban J connectivity index is 1.64. The molecule has 27 heavy (non-hydrogen) atoms. The second-order valence-corrected chi connectivity index (χ2v) is 6.42. The van der Waals surface area contributed by atoms with E-state index in [1.165, 1.54) is 31.4 Å². The molecule has 0 radical (unpaired) electrons. The fraction of sp³-hybridized carbons (Fsp3) is 0.238. The monoisotopic (exact) mass is 369 g/mol. The molecule has 1 heterocycles. The fourth-order valence-corrected chi connectivity index (χ4v) is 2.77. The number of halogens is 1. The summed E-state index contributed by atoms with van der Waals surface area (Å²) in [6.07, 6.45) is 0.453. The SMILES string of the molecule is Cc1ccc2c(CC(=O)O[C@@H](C)C(=O)Nc3ccccc3F)coc2c1C. The third-order valence-corrected chi connectivity index (χ3v) is 4.49. The van der Waals surface area contributed by atoms with Crippen molar-refractivity contribution in [2.24, 2.45) is 0 Å². The molecule has 1 aromatic heterocycles. The molecule has 0 spiro atoms. The first-order valence-electron chi connectivity index (χ1n) is 8.58. The molecule has 6 heteroatoms. The summed E-state index contributed by atoms with van der Waals surface area (Å²) in [5, 5.41) is 3.25. The van der Waals surface area contributed by atoms with Gasteiger partial charge in [0.15, 0.2) is 6.10 Å². The van der Waals surface area contributed by atoms with Crippen molar-refractivity contribution in [3.63, 3.8) is 0 Å². The molecule has 0 unspecified atom stereocenters. The van der Waals surface area contributed by atoms with Crippen LogP contribution in [0.5, 0.6) is 0 Å². The Kier molecular flexibility index (Phi) is 5.26. The van der Waals surface area contributed by atoms with Crippen LogP contribution >= 0.6 is 0 Å². The van der Waals surface area contributed by atoms with E-state index in [0.29, 0.717) is 5.56 Å². The predicted molar refractivity (Wildman–Crippen MR) is 100.0 cm³/mol. The molecule has 0 aliphatic carbocycles. The van der Waals surface area contributed by atoms with E-state index in [1.54, 1.807) is 6.07 Å². The van der Waals surface area contributed by atoms with Crippen LogP contribution < -0.4 is 5.32 Å². The van der Waals surface area contributed by atoms with Crippen molar-refractivity contribution in [2.45, 2.75) is 33.3 Å². The smallest absolute Gasteiger partial charge is 0.311 e. The lowest BCUT2D eigenvalue weighted by molar-refractivity contribution is -0.152. The minimum Gasteiger partial charge on any atom is -0.464 e. The summed E-state index contributed by atoms with van der Waals surface area (Å²) in [5.41, 5.74) is 3.59. The van der Waals surface area contributed by atoms with Crippen molar-refractivity contribution in [3.05, 3.63) is 65.2 Å². The largest absolute Gasteiger partial charge is 0.464 e. The van der Waals surface area contributed by atoms with Gasteiger partial charge in [0, 0.05) is 10.9 Å². The number of furan rings is 1. The number of hydrogen-bond donors (Lipinski definition) is 1. The van der Waals surface area contributed by atoms with E-state index in [0.717, 1.165) is 22.1 Å². The number of esters is 1. The summed E-state index contributed by atoms with van der Waals surface area (Å²) < 4.78 is 24.4. The van der Waals surface area contributed by atoms with Crippen molar-refractivity contribution in [1.29, 1.82) is 0 Å². The maximum absolute atomic E-state index is 13.6. The number of carbonyl (C=O) groups excluding carboxylic acids is 2. The minimum atomic E-state index is -1.06. The maximum atomic E-state index is 13.6. The van der Waals surface area contributed by atoms with Crippen LogP contribution in [0.2, 0.25) is 0 Å². The van der Waals surface area contributed by atoms with E-state index in [-0.39, 0.29) is 12.1 Å². The molecular weight excluding hydrogens is 349 g/mol. The van der Waals surface area contributed by atoms with E-state index < -0.39 is 23.8 Å². The van der Waals surface area contributed by atoms with Gasteiger partial charge in [-0.25, -0.2) is 4.39 Å². The van der Waals surface area contributed by atoms with E-state index >= 15 is 0 Å². The Hall–Kier alpha value is -3.15. The Morgan fingerprint density at radius 3 is 2.67 bits per heavy atom. The summed E-state index contributed by atoms with van der Waals surface area (Å²) >= 11 is 0. The van der Waals surface area contributed by atoms with Crippen LogP contribution in [0, 0.1) is 19.7 Å². The Morgan fingerprint density at radius 2 is 1.93 bits per heavy atom. The van der Waals surface area contributed by atoms with Crippen LogP contribution in [0.3, 0.4) is 0 Å². The van der Waals surface area contributed by atoms with Crippen LogP contribution in [0.15, 0.2) is 47.1 Å². The highest BCUT2D eigenvalue weighted by Crippen LogP contribution is 2.27. The first kappa shape index (κ1) is 18.6. The third-order valence-electron chi connectivity index (χ3n) is 4.49. The average molecular weight is 369 g/mol. The standard InChI is InChI=1S/C21H20FNO4/c1-12-8-9-16-15(11-26-20(16)13(12)2)10-19(24)27-14(3)21(25)23-18-7-5-4-6-17(18)22/h4-9,11,14H,10H2,1-3H3,(H,23,25)/t14-/m0/s1. The van der Waals surface area contributed by atoms with Gasteiger partial charge in [-0.1, -0.05) is 24.3 Å². The lowest BCUT2D eigenvalue weighted by Gasteiger charge is -2.13. The fourth-order valence-electron chi connectivity index (χ4n) is 2.77. The normalized spacial score (nSPS) is 12.0. The topological polar surface area (TPSA) is 68.5 Å². The number of fused-ring (bicyclic) bond motifs is 1. The van der Waals surface area contributed by atoms with Crippen molar-refractivity contribution < 1.29 is 23.1 Å². The first-order valence-corrected chi connectivity index (χ1v) is 8.58. The summed E-state index contributed by atoms with van der Waals surface area (Å²) in [4.78, 5) is 24.3. The number of aryl methyl sites for hydroxylation is 2. The van der Waals surface area contributed by atoms with Gasteiger partial charge in [-0.2, -0.15) is 0 Å². The molecule has 0 bridgehead atoms. The van der Waals surface area contributed by atoms with Gasteiger partial charge in [-0.05, 0) is 44.0 Å². The molecule has 0 aliphatic rings. The lowest BCUT2D eigenvalue weighted by Crippen LogP contribution is -2.30. The molecule has 0 saturated carbocycles. The molecule has 0 fully saturated rings. The molecule has 0 aliphatic heterocycles. The molecule has 1 N–H and O–H groups in total. The number of hydrogen-bond acceptors (Lipinski definition) is 4. The number of carbonyl (C=O) groups is 2.